The fourth-order valence-corrected chi connectivity index (χ4v) is 9.76. The van der Waals surface area contributed by atoms with Gasteiger partial charge in [0.2, 0.25) is 0 Å². The van der Waals surface area contributed by atoms with Crippen LogP contribution in [0.4, 0.5) is 0 Å². The highest BCUT2D eigenvalue weighted by Gasteiger charge is 2.61. The lowest BCUT2D eigenvalue weighted by atomic mass is 10.1. The third-order valence-electron chi connectivity index (χ3n) is 2.86. The summed E-state index contributed by atoms with van der Waals surface area (Å²) in [4.78, 5) is 0. The molecule has 0 N–H and O–H groups in total. The summed E-state index contributed by atoms with van der Waals surface area (Å²) in [6.07, 6.45) is 0. The monoisotopic (exact) mass is 233 g/mol. The molecular formula is C10H26N2PSi+. The van der Waals surface area contributed by atoms with E-state index in [0.717, 1.165) is 0 Å². The van der Waals surface area contributed by atoms with E-state index < -0.39 is 8.40 Å². The van der Waals surface area contributed by atoms with Crippen molar-refractivity contribution in [2.75, 3.05) is 0 Å². The highest BCUT2D eigenvalue weighted by Crippen LogP contribution is 2.54. The van der Waals surface area contributed by atoms with Gasteiger partial charge in [0.05, 0.1) is 0 Å². The smallest absolute Gasteiger partial charge is 0.168 e. The Kier molecular flexibility index (Phi) is 2.96. The van der Waals surface area contributed by atoms with Gasteiger partial charge in [-0.25, -0.2) is 0 Å². The highest BCUT2D eigenvalue weighted by molar-refractivity contribution is 7.45. The predicted octanol–water partition coefficient (Wildman–Crippen LogP) is 3.14. The first-order valence-electron chi connectivity index (χ1n) is 5.41. The summed E-state index contributed by atoms with van der Waals surface area (Å²) in [5.74, 6) is 0. The maximum atomic E-state index is 2.77. The molecule has 0 aromatic rings. The molecule has 84 valence electrons. The number of hydrogen-bond donors (Lipinski definition) is 0. The van der Waals surface area contributed by atoms with Crippen LogP contribution in [-0.2, 0) is 0 Å². The third-order valence-corrected chi connectivity index (χ3v) is 13.1. The zero-order valence-corrected chi connectivity index (χ0v) is 13.1. The van der Waals surface area contributed by atoms with Gasteiger partial charge in [-0.3, -0.25) is 0 Å². The first-order valence-corrected chi connectivity index (χ1v) is 9.34. The number of hydrogen-bond acceptors (Lipinski definition) is 2. The molecule has 1 fully saturated rings. The topological polar surface area (TPSA) is 6.48 Å². The van der Waals surface area contributed by atoms with E-state index in [1.165, 1.54) is 0 Å². The van der Waals surface area contributed by atoms with Crippen molar-refractivity contribution in [2.45, 2.75) is 65.7 Å². The molecule has 0 aromatic carbocycles. The summed E-state index contributed by atoms with van der Waals surface area (Å²) >= 11 is 0. The first-order chi connectivity index (χ1) is 5.97. The maximum Gasteiger partial charge on any atom is 0.282 e. The Bertz CT molecular complexity index is 205. The lowest BCUT2D eigenvalue weighted by Crippen LogP contribution is -2.74. The summed E-state index contributed by atoms with van der Waals surface area (Å²) < 4.78 is 5.54. The number of rotatable bonds is 0. The second kappa shape index (κ2) is 3.28. The molecular weight excluding hydrogens is 207 g/mol. The van der Waals surface area contributed by atoms with Crippen LogP contribution in [0.3, 0.4) is 0 Å². The van der Waals surface area contributed by atoms with Crippen LogP contribution in [0.15, 0.2) is 0 Å². The molecule has 0 saturated carbocycles. The molecule has 14 heavy (non-hydrogen) atoms. The van der Waals surface area contributed by atoms with E-state index in [0.29, 0.717) is 20.0 Å². The van der Waals surface area contributed by atoms with Gasteiger partial charge in [0.25, 0.3) is 8.40 Å². The van der Waals surface area contributed by atoms with Gasteiger partial charge >= 0.3 is 0 Å². The van der Waals surface area contributed by atoms with Gasteiger partial charge < -0.3 is 0 Å². The molecule has 1 heterocycles. The van der Waals surface area contributed by atoms with Crippen molar-refractivity contribution in [1.82, 2.24) is 8.67 Å². The van der Waals surface area contributed by atoms with Crippen LogP contribution in [0.2, 0.25) is 13.1 Å². The lowest BCUT2D eigenvalue weighted by Gasteiger charge is -2.57. The minimum atomic E-state index is -1.28. The Balaban J connectivity index is 2.79. The van der Waals surface area contributed by atoms with Crippen LogP contribution in [0.25, 0.3) is 0 Å². The summed E-state index contributed by atoms with van der Waals surface area (Å²) in [6.45, 7) is 19.0. The van der Waals surface area contributed by atoms with Crippen molar-refractivity contribution < 1.29 is 0 Å². The van der Waals surface area contributed by atoms with Gasteiger partial charge in [-0.15, -0.1) is 0 Å². The normalized spacial score (nSPS) is 24.9. The maximum absolute atomic E-state index is 2.77. The Morgan fingerprint density at radius 1 is 0.786 bits per heavy atom. The van der Waals surface area contributed by atoms with Crippen LogP contribution in [0, 0.1) is 0 Å². The highest BCUT2D eigenvalue weighted by atomic mass is 31.1. The summed E-state index contributed by atoms with van der Waals surface area (Å²) in [5.41, 5.74) is 0.736. The molecule has 0 amide bonds. The molecule has 0 spiro atoms. The Morgan fingerprint density at radius 2 is 1.07 bits per heavy atom. The molecule has 0 radical (unpaired) electrons. The molecule has 2 nitrogen and oxygen atoms in total. The fraction of sp³-hybridized carbons (Fsp3) is 1.00. The lowest BCUT2D eigenvalue weighted by molar-refractivity contribution is 0.249. The zero-order valence-electron chi connectivity index (χ0n) is 11.0. The largest absolute Gasteiger partial charge is 0.282 e. The molecule has 1 rings (SSSR count). The molecule has 0 bridgehead atoms. The molecule has 1 aliphatic heterocycles. The minimum absolute atomic E-state index is 0.367. The van der Waals surface area contributed by atoms with Gasteiger partial charge in [-0.05, 0) is 54.6 Å². The van der Waals surface area contributed by atoms with Gasteiger partial charge in [-0.1, -0.05) is 0 Å². The standard InChI is InChI=1S/C10H25N2PSi/c1-9(2,3)11-13-12(10(4,5)6)14(11,7)8/h13H,1-8H3/p+1. The molecule has 1 aliphatic rings. The zero-order chi connectivity index (χ0) is 11.4. The van der Waals surface area contributed by atoms with Crippen LogP contribution in [-0.4, -0.2) is 28.1 Å². The SMILES string of the molecule is CC(C)(C)N1[PH2+]N(C(C)(C)C)[Si]1(C)C. The van der Waals surface area contributed by atoms with Crippen molar-refractivity contribution in [2.24, 2.45) is 0 Å². The van der Waals surface area contributed by atoms with Crippen molar-refractivity contribution in [1.29, 1.82) is 0 Å². The Hall–Kier alpha value is 0.567. The molecule has 0 unspecified atom stereocenters. The molecule has 0 aromatic heterocycles. The molecule has 1 saturated heterocycles. The molecule has 0 atom stereocenters. The summed E-state index contributed by atoms with van der Waals surface area (Å²) in [5, 5.41) is 0. The van der Waals surface area contributed by atoms with Crippen molar-refractivity contribution in [3.05, 3.63) is 0 Å². The van der Waals surface area contributed by atoms with E-state index >= 15 is 0 Å². The van der Waals surface area contributed by atoms with E-state index in [4.69, 9.17) is 0 Å². The predicted molar refractivity (Wildman–Crippen MR) is 70.4 cm³/mol. The average molecular weight is 233 g/mol. The van der Waals surface area contributed by atoms with E-state index in [-0.39, 0.29) is 0 Å². The summed E-state index contributed by atoms with van der Waals surface area (Å²) in [7, 11) is -0.909. The first kappa shape index (κ1) is 12.6. The van der Waals surface area contributed by atoms with E-state index in [1.54, 1.807) is 0 Å². The number of nitrogens with zero attached hydrogens (tertiary/aromatic N) is 2. The molecule has 0 aliphatic carbocycles. The second-order valence-electron chi connectivity index (χ2n) is 6.69. The Morgan fingerprint density at radius 3 is 1.21 bits per heavy atom. The average Bonchev–Trinajstić information content (AvgIpc) is 1.77. The van der Waals surface area contributed by atoms with Gasteiger partial charge in [-0.2, -0.15) is 8.67 Å². The van der Waals surface area contributed by atoms with Crippen molar-refractivity contribution in [3.63, 3.8) is 0 Å². The van der Waals surface area contributed by atoms with Gasteiger partial charge in [0.15, 0.2) is 0 Å². The fourth-order valence-electron chi connectivity index (χ4n) is 2.45. The molecule has 4 heteroatoms. The van der Waals surface area contributed by atoms with Crippen LogP contribution in [0.1, 0.15) is 41.5 Å². The Labute approximate surface area is 92.1 Å². The van der Waals surface area contributed by atoms with Gasteiger partial charge in [0.1, 0.15) is 8.88 Å². The van der Waals surface area contributed by atoms with Crippen LogP contribution in [0.5, 0.6) is 0 Å². The van der Waals surface area contributed by atoms with Gasteiger partial charge in [0, 0.05) is 11.1 Å². The van der Waals surface area contributed by atoms with Crippen molar-refractivity contribution >= 4 is 17.3 Å². The van der Waals surface area contributed by atoms with Crippen molar-refractivity contribution in [3.8, 4) is 0 Å². The van der Waals surface area contributed by atoms with Crippen LogP contribution < -0.4 is 0 Å². The van der Waals surface area contributed by atoms with E-state index in [9.17, 15) is 0 Å². The van der Waals surface area contributed by atoms with E-state index in [1.807, 2.05) is 0 Å². The third kappa shape index (κ3) is 2.06. The minimum Gasteiger partial charge on any atom is -0.168 e. The summed E-state index contributed by atoms with van der Waals surface area (Å²) in [6, 6.07) is 0. The second-order valence-corrected chi connectivity index (χ2v) is 12.9. The van der Waals surface area contributed by atoms with Crippen LogP contribution >= 0.6 is 8.88 Å². The van der Waals surface area contributed by atoms with E-state index in [2.05, 4.69) is 63.3 Å². The quantitative estimate of drug-likeness (QED) is 0.468.